The summed E-state index contributed by atoms with van der Waals surface area (Å²) in [6, 6.07) is 4.94. The van der Waals surface area contributed by atoms with Crippen molar-refractivity contribution in [2.75, 3.05) is 18.6 Å². The molecule has 2 aromatic rings. The Morgan fingerprint density at radius 3 is 3.04 bits per heavy atom. The van der Waals surface area contributed by atoms with Crippen molar-refractivity contribution in [3.05, 3.63) is 47.5 Å². The van der Waals surface area contributed by atoms with E-state index in [9.17, 15) is 8.60 Å². The molecule has 3 rings (SSSR count). The van der Waals surface area contributed by atoms with E-state index in [1.54, 1.807) is 18.3 Å². The van der Waals surface area contributed by atoms with Crippen LogP contribution in [0.25, 0.3) is 11.3 Å². The first-order valence-corrected chi connectivity index (χ1v) is 9.54. The zero-order chi connectivity index (χ0) is 17.8. The number of rotatable bonds is 4. The molecule has 9 heteroatoms. The fraction of sp³-hybridized carbons (Fsp3) is 0.312. The van der Waals surface area contributed by atoms with Crippen LogP contribution in [-0.4, -0.2) is 43.0 Å². The van der Waals surface area contributed by atoms with Crippen LogP contribution in [0.5, 0.6) is 0 Å². The summed E-state index contributed by atoms with van der Waals surface area (Å²) in [5.41, 5.74) is 2.68. The molecule has 1 aromatic carbocycles. The maximum atomic E-state index is 14.5. The third-order valence-corrected chi connectivity index (χ3v) is 5.33. The Kier molecular flexibility index (Phi) is 5.54. The van der Waals surface area contributed by atoms with Crippen molar-refractivity contribution in [3.8, 4) is 5.69 Å². The summed E-state index contributed by atoms with van der Waals surface area (Å²) in [4.78, 5) is 0. The van der Waals surface area contributed by atoms with Crippen LogP contribution < -0.4 is 5.32 Å². The Morgan fingerprint density at radius 1 is 1.52 bits per heavy atom. The van der Waals surface area contributed by atoms with E-state index in [2.05, 4.69) is 15.6 Å². The number of allylic oxidation sites excluding steroid dienone is 1. The summed E-state index contributed by atoms with van der Waals surface area (Å²) in [5, 5.41) is 11.2. The minimum absolute atomic E-state index is 0.270. The van der Waals surface area contributed by atoms with Crippen molar-refractivity contribution < 1.29 is 13.3 Å². The molecular weight excluding hydrogens is 363 g/mol. The van der Waals surface area contributed by atoms with Gasteiger partial charge in [-0.3, -0.25) is 4.21 Å². The Labute approximate surface area is 152 Å². The molecule has 0 spiro atoms. The molecule has 1 N–H and O–H groups in total. The normalized spacial score (nSPS) is 17.0. The molecule has 2 heterocycles. The second-order valence-electron chi connectivity index (χ2n) is 5.45. The summed E-state index contributed by atoms with van der Waals surface area (Å²) < 4.78 is 32.3. The second-order valence-corrected chi connectivity index (χ2v) is 7.45. The van der Waals surface area contributed by atoms with Gasteiger partial charge in [-0.05, 0) is 36.3 Å². The van der Waals surface area contributed by atoms with Gasteiger partial charge in [0.15, 0.2) is 0 Å². The van der Waals surface area contributed by atoms with Crippen LogP contribution in [0, 0.1) is 5.82 Å². The molecule has 1 atom stereocenters. The number of hydrogen-bond donors (Lipinski definition) is 1. The zero-order valence-corrected chi connectivity index (χ0v) is 15.2. The molecule has 0 fully saturated rings. The summed E-state index contributed by atoms with van der Waals surface area (Å²) in [5.74, 6) is 0.738. The first kappa shape index (κ1) is 17.7. The third-order valence-electron chi connectivity index (χ3n) is 3.82. The van der Waals surface area contributed by atoms with Gasteiger partial charge < -0.3 is 10.1 Å². The van der Waals surface area contributed by atoms with E-state index in [-0.39, 0.29) is 11.0 Å². The molecule has 0 saturated carbocycles. The molecule has 0 amide bonds. The van der Waals surface area contributed by atoms with Gasteiger partial charge in [0, 0.05) is 33.9 Å². The summed E-state index contributed by atoms with van der Waals surface area (Å²) in [6.45, 7) is 0.372. The fourth-order valence-electron chi connectivity index (χ4n) is 2.49. The van der Waals surface area contributed by atoms with E-state index in [1.807, 2.05) is 6.08 Å². The fourth-order valence-corrected chi connectivity index (χ4v) is 3.57. The first-order valence-electron chi connectivity index (χ1n) is 7.64. The highest BCUT2D eigenvalue weighted by molar-refractivity contribution is 7.85. The number of benzene rings is 1. The highest BCUT2D eigenvalue weighted by Crippen LogP contribution is 2.26. The van der Waals surface area contributed by atoms with Crippen molar-refractivity contribution in [1.29, 1.82) is 0 Å². The molecule has 25 heavy (non-hydrogen) atoms. The minimum Gasteiger partial charge on any atom is -0.474 e. The van der Waals surface area contributed by atoms with Gasteiger partial charge in [0.2, 0.25) is 0 Å². The minimum atomic E-state index is -0.824. The van der Waals surface area contributed by atoms with Crippen LogP contribution in [0.1, 0.15) is 17.7 Å². The Hall–Kier alpha value is -2.13. The number of ether oxygens (including phenoxy) is 1. The number of thiocarbonyl (C=S) groups is 1. The summed E-state index contributed by atoms with van der Waals surface area (Å²) >= 11 is 4.89. The van der Waals surface area contributed by atoms with Crippen LogP contribution in [0.3, 0.4) is 0 Å². The lowest BCUT2D eigenvalue weighted by Crippen LogP contribution is -2.22. The number of hydrogen-bond acceptors (Lipinski definition) is 5. The van der Waals surface area contributed by atoms with Crippen LogP contribution in [0.15, 0.2) is 30.5 Å². The third kappa shape index (κ3) is 4.29. The van der Waals surface area contributed by atoms with Crippen LogP contribution >= 0.6 is 12.2 Å². The maximum absolute atomic E-state index is 14.5. The average Bonchev–Trinajstić information content (AvgIpc) is 3.09. The Morgan fingerprint density at radius 2 is 2.36 bits per heavy atom. The molecule has 6 nitrogen and oxygen atoms in total. The van der Waals surface area contributed by atoms with E-state index in [1.165, 1.54) is 17.9 Å². The predicted octanol–water partition coefficient (Wildman–Crippen LogP) is 1.96. The van der Waals surface area contributed by atoms with Crippen LogP contribution in [0.4, 0.5) is 4.39 Å². The first-order chi connectivity index (χ1) is 12.1. The highest BCUT2D eigenvalue weighted by Gasteiger charge is 2.15. The molecule has 132 valence electrons. The van der Waals surface area contributed by atoms with Gasteiger partial charge in [-0.15, -0.1) is 5.10 Å². The van der Waals surface area contributed by atoms with Gasteiger partial charge in [-0.2, -0.15) is 0 Å². The summed E-state index contributed by atoms with van der Waals surface area (Å²) in [7, 11) is 0.658. The van der Waals surface area contributed by atoms with Crippen molar-refractivity contribution >= 4 is 33.8 Å². The number of halogens is 1. The SMILES string of the molecule is COC(=S)NCc1cn(-c2ccc(C3=CCS(=O)CC3)c(F)c2)nn1. The summed E-state index contributed by atoms with van der Waals surface area (Å²) in [6.07, 6.45) is 4.18. The van der Waals surface area contributed by atoms with Crippen molar-refractivity contribution in [2.45, 2.75) is 13.0 Å². The lowest BCUT2D eigenvalue weighted by atomic mass is 10.0. The molecular formula is C16H17FN4O2S2. The average molecular weight is 380 g/mol. The second kappa shape index (κ2) is 7.83. The molecule has 0 bridgehead atoms. The van der Waals surface area contributed by atoms with E-state index in [0.717, 1.165) is 5.57 Å². The smallest absolute Gasteiger partial charge is 0.256 e. The number of aromatic nitrogens is 3. The zero-order valence-electron chi connectivity index (χ0n) is 13.6. The van der Waals surface area contributed by atoms with E-state index in [0.29, 0.717) is 41.4 Å². The highest BCUT2D eigenvalue weighted by atomic mass is 32.2. The monoisotopic (exact) mass is 380 g/mol. The Balaban J connectivity index is 1.76. The largest absolute Gasteiger partial charge is 0.474 e. The quantitative estimate of drug-likeness (QED) is 0.818. The van der Waals surface area contributed by atoms with Crippen LogP contribution in [-0.2, 0) is 22.1 Å². The molecule has 1 aliphatic rings. The molecule has 1 aliphatic heterocycles. The van der Waals surface area contributed by atoms with E-state index in [4.69, 9.17) is 17.0 Å². The van der Waals surface area contributed by atoms with Crippen molar-refractivity contribution in [2.24, 2.45) is 0 Å². The van der Waals surface area contributed by atoms with E-state index < -0.39 is 10.8 Å². The van der Waals surface area contributed by atoms with Gasteiger partial charge >= 0.3 is 0 Å². The molecule has 1 aromatic heterocycles. The van der Waals surface area contributed by atoms with Gasteiger partial charge in [0.1, 0.15) is 11.5 Å². The molecule has 0 aliphatic carbocycles. The van der Waals surface area contributed by atoms with Gasteiger partial charge in [0.25, 0.3) is 5.17 Å². The number of nitrogens with one attached hydrogen (secondary N) is 1. The van der Waals surface area contributed by atoms with Crippen LogP contribution in [0.2, 0.25) is 0 Å². The van der Waals surface area contributed by atoms with Crippen molar-refractivity contribution in [3.63, 3.8) is 0 Å². The molecule has 0 radical (unpaired) electrons. The number of nitrogens with zero attached hydrogens (tertiary/aromatic N) is 3. The molecule has 1 unspecified atom stereocenters. The topological polar surface area (TPSA) is 69.0 Å². The standard InChI is InChI=1S/C16H17FN4O2S2/c1-23-16(24)18-9-12-10-21(20-19-12)13-2-3-14(15(17)8-13)11-4-6-25(22)7-5-11/h2-4,8,10H,5-7,9H2,1H3,(H,18,24). The molecule has 0 saturated heterocycles. The number of methoxy groups -OCH3 is 1. The maximum Gasteiger partial charge on any atom is 0.256 e. The Bertz CT molecular complexity index is 850. The van der Waals surface area contributed by atoms with Gasteiger partial charge in [-0.1, -0.05) is 11.3 Å². The van der Waals surface area contributed by atoms with Gasteiger partial charge in [0.05, 0.1) is 25.5 Å². The van der Waals surface area contributed by atoms with Gasteiger partial charge in [-0.25, -0.2) is 9.07 Å². The lowest BCUT2D eigenvalue weighted by Gasteiger charge is -2.14. The van der Waals surface area contributed by atoms with E-state index >= 15 is 0 Å². The van der Waals surface area contributed by atoms with Crippen molar-refractivity contribution in [1.82, 2.24) is 20.3 Å². The lowest BCUT2D eigenvalue weighted by molar-refractivity contribution is 0.392. The predicted molar refractivity (Wildman–Crippen MR) is 98.2 cm³/mol.